The van der Waals surface area contributed by atoms with Crippen molar-refractivity contribution in [2.75, 3.05) is 6.54 Å². The van der Waals surface area contributed by atoms with E-state index in [-0.39, 0.29) is 23.6 Å². The number of nitrogens with two attached hydrogens (primary N) is 1. The number of primary amides is 1. The lowest BCUT2D eigenvalue weighted by molar-refractivity contribution is -0.118. The zero-order valence-electron chi connectivity index (χ0n) is 9.46. The molecule has 0 bridgehead atoms. The molecule has 0 aliphatic heterocycles. The topological polar surface area (TPSA) is 126 Å². The molecule has 0 spiro atoms. The van der Waals surface area contributed by atoms with Crippen molar-refractivity contribution in [3.8, 4) is 6.07 Å². The van der Waals surface area contributed by atoms with Crippen molar-refractivity contribution in [1.29, 1.82) is 5.26 Å². The number of carbonyl (C=O) groups is 1. The largest absolute Gasteiger partial charge is 0.370 e. The predicted molar refractivity (Wildman–Crippen MR) is 62.6 cm³/mol. The number of nitrogens with one attached hydrogen (secondary N) is 1. The first-order valence-electron chi connectivity index (χ1n) is 5.10. The molecule has 96 valence electrons. The number of hydrogen-bond donors (Lipinski definition) is 2. The Morgan fingerprint density at radius 1 is 1.50 bits per heavy atom. The average Bonchev–Trinajstić information content (AvgIpc) is 2.34. The van der Waals surface area contributed by atoms with Gasteiger partial charge in [-0.05, 0) is 18.6 Å². The van der Waals surface area contributed by atoms with Gasteiger partial charge in [-0.15, -0.1) is 0 Å². The number of rotatable bonds is 6. The van der Waals surface area contributed by atoms with Crippen LogP contribution in [0, 0.1) is 11.3 Å². The van der Waals surface area contributed by atoms with Gasteiger partial charge in [0.2, 0.25) is 15.9 Å². The first kappa shape index (κ1) is 14.1. The van der Waals surface area contributed by atoms with Crippen LogP contribution in [-0.2, 0) is 14.8 Å². The molecule has 3 N–H and O–H groups in total. The monoisotopic (exact) mass is 268 g/mol. The standard InChI is InChI=1S/C10H12N4O3S/c11-6-8-3-4-9(7-13-8)18(16,17)14-5-1-2-10(12)15/h3-4,7,14H,1-2,5H2,(H2,12,15). The fraction of sp³-hybridized carbons (Fsp3) is 0.300. The van der Waals surface area contributed by atoms with Gasteiger partial charge in [0, 0.05) is 19.2 Å². The lowest BCUT2D eigenvalue weighted by Crippen LogP contribution is -2.26. The van der Waals surface area contributed by atoms with Crippen LogP contribution in [0.3, 0.4) is 0 Å². The SMILES string of the molecule is N#Cc1ccc(S(=O)(=O)NCCCC(N)=O)cn1. The number of nitriles is 1. The lowest BCUT2D eigenvalue weighted by atomic mass is 10.3. The summed E-state index contributed by atoms with van der Waals surface area (Å²) >= 11 is 0. The number of aromatic nitrogens is 1. The van der Waals surface area contributed by atoms with E-state index in [0.717, 1.165) is 6.20 Å². The van der Waals surface area contributed by atoms with E-state index in [2.05, 4.69) is 9.71 Å². The minimum absolute atomic E-state index is 0.0272. The zero-order chi connectivity index (χ0) is 13.6. The highest BCUT2D eigenvalue weighted by Gasteiger charge is 2.13. The van der Waals surface area contributed by atoms with E-state index >= 15 is 0 Å². The molecule has 0 aliphatic rings. The second-order valence-corrected chi connectivity index (χ2v) is 5.23. The van der Waals surface area contributed by atoms with E-state index in [4.69, 9.17) is 11.0 Å². The van der Waals surface area contributed by atoms with E-state index in [9.17, 15) is 13.2 Å². The molecule has 1 aromatic heterocycles. The molecule has 8 heteroatoms. The van der Waals surface area contributed by atoms with Crippen LogP contribution in [0.4, 0.5) is 0 Å². The molecule has 1 aromatic rings. The molecule has 7 nitrogen and oxygen atoms in total. The third-order valence-electron chi connectivity index (χ3n) is 2.05. The Morgan fingerprint density at radius 3 is 2.72 bits per heavy atom. The predicted octanol–water partition coefficient (Wildman–Crippen LogP) is -0.503. The highest BCUT2D eigenvalue weighted by molar-refractivity contribution is 7.89. The van der Waals surface area contributed by atoms with Gasteiger partial charge in [0.25, 0.3) is 0 Å². The Kier molecular flexibility index (Phi) is 4.76. The molecule has 0 radical (unpaired) electrons. The van der Waals surface area contributed by atoms with Crippen molar-refractivity contribution in [2.45, 2.75) is 17.7 Å². The number of amides is 1. The maximum Gasteiger partial charge on any atom is 0.242 e. The summed E-state index contributed by atoms with van der Waals surface area (Å²) in [4.78, 5) is 14.1. The smallest absolute Gasteiger partial charge is 0.242 e. The molecule has 0 saturated heterocycles. The van der Waals surface area contributed by atoms with E-state index in [1.54, 1.807) is 6.07 Å². The Hall–Kier alpha value is -1.98. The Bertz CT molecular complexity index is 560. The van der Waals surface area contributed by atoms with Crippen molar-refractivity contribution >= 4 is 15.9 Å². The average molecular weight is 268 g/mol. The number of sulfonamides is 1. The van der Waals surface area contributed by atoms with Gasteiger partial charge in [0.1, 0.15) is 16.7 Å². The summed E-state index contributed by atoms with van der Waals surface area (Å²) in [6.07, 6.45) is 1.56. The summed E-state index contributed by atoms with van der Waals surface area (Å²) in [6, 6.07) is 4.40. The van der Waals surface area contributed by atoms with Crippen LogP contribution in [-0.4, -0.2) is 25.9 Å². The third kappa shape index (κ3) is 4.12. The van der Waals surface area contributed by atoms with E-state index in [1.165, 1.54) is 12.1 Å². The summed E-state index contributed by atoms with van der Waals surface area (Å²) in [5.41, 5.74) is 5.07. The molecule has 0 saturated carbocycles. The second kappa shape index (κ2) is 6.09. The Labute approximate surface area is 105 Å². The number of nitrogens with zero attached hydrogens (tertiary/aromatic N) is 2. The number of hydrogen-bond acceptors (Lipinski definition) is 5. The molecule has 1 heterocycles. The Morgan fingerprint density at radius 2 is 2.22 bits per heavy atom. The number of pyridine rings is 1. The summed E-state index contributed by atoms with van der Waals surface area (Å²) < 4.78 is 25.8. The van der Waals surface area contributed by atoms with Crippen LogP contribution in [0.15, 0.2) is 23.2 Å². The maximum absolute atomic E-state index is 11.7. The van der Waals surface area contributed by atoms with Gasteiger partial charge >= 0.3 is 0 Å². The van der Waals surface area contributed by atoms with Gasteiger partial charge in [-0.3, -0.25) is 4.79 Å². The molecular formula is C10H12N4O3S. The molecule has 0 fully saturated rings. The van der Waals surface area contributed by atoms with Crippen LogP contribution in [0.25, 0.3) is 0 Å². The fourth-order valence-electron chi connectivity index (χ4n) is 1.16. The highest BCUT2D eigenvalue weighted by atomic mass is 32.2. The van der Waals surface area contributed by atoms with Crippen LogP contribution in [0.1, 0.15) is 18.5 Å². The molecule has 0 atom stereocenters. The number of carbonyl (C=O) groups excluding carboxylic acids is 1. The third-order valence-corrected chi connectivity index (χ3v) is 3.50. The minimum atomic E-state index is -3.66. The molecule has 18 heavy (non-hydrogen) atoms. The van der Waals surface area contributed by atoms with Crippen LogP contribution >= 0.6 is 0 Å². The fourth-order valence-corrected chi connectivity index (χ4v) is 2.18. The quantitative estimate of drug-likeness (QED) is 0.672. The van der Waals surface area contributed by atoms with Gasteiger partial charge in [-0.1, -0.05) is 0 Å². The van der Waals surface area contributed by atoms with Gasteiger partial charge in [-0.25, -0.2) is 18.1 Å². The van der Waals surface area contributed by atoms with E-state index in [1.807, 2.05) is 0 Å². The summed E-state index contributed by atoms with van der Waals surface area (Å²) in [5, 5.41) is 8.54. The van der Waals surface area contributed by atoms with Gasteiger partial charge in [-0.2, -0.15) is 5.26 Å². The molecule has 0 aromatic carbocycles. The molecule has 0 unspecified atom stereocenters. The van der Waals surface area contributed by atoms with Crippen LogP contribution in [0.5, 0.6) is 0 Å². The van der Waals surface area contributed by atoms with Gasteiger partial charge in [0.05, 0.1) is 0 Å². The molecule has 0 aliphatic carbocycles. The summed E-state index contributed by atoms with van der Waals surface area (Å²) in [5.74, 6) is -0.478. The Balaban J connectivity index is 2.63. The maximum atomic E-state index is 11.7. The van der Waals surface area contributed by atoms with Gasteiger partial charge < -0.3 is 5.73 Å². The first-order valence-corrected chi connectivity index (χ1v) is 6.58. The lowest BCUT2D eigenvalue weighted by Gasteiger charge is -2.05. The molecule has 1 rings (SSSR count). The van der Waals surface area contributed by atoms with E-state index < -0.39 is 15.9 Å². The van der Waals surface area contributed by atoms with Crippen LogP contribution < -0.4 is 10.5 Å². The van der Waals surface area contributed by atoms with Crippen LogP contribution in [0.2, 0.25) is 0 Å². The normalized spacial score (nSPS) is 10.8. The molecule has 1 amide bonds. The zero-order valence-corrected chi connectivity index (χ0v) is 10.3. The van der Waals surface area contributed by atoms with Crippen molar-refractivity contribution < 1.29 is 13.2 Å². The first-order chi connectivity index (χ1) is 8.45. The minimum Gasteiger partial charge on any atom is -0.370 e. The van der Waals surface area contributed by atoms with Crippen molar-refractivity contribution in [3.63, 3.8) is 0 Å². The van der Waals surface area contributed by atoms with Crippen molar-refractivity contribution in [3.05, 3.63) is 24.0 Å². The molecular weight excluding hydrogens is 256 g/mol. The van der Waals surface area contributed by atoms with Crippen molar-refractivity contribution in [1.82, 2.24) is 9.71 Å². The summed E-state index contributed by atoms with van der Waals surface area (Å²) in [6.45, 7) is 0.116. The highest BCUT2D eigenvalue weighted by Crippen LogP contribution is 2.07. The van der Waals surface area contributed by atoms with Gasteiger partial charge in [0.15, 0.2) is 0 Å². The summed E-state index contributed by atoms with van der Waals surface area (Å²) in [7, 11) is -3.66. The second-order valence-electron chi connectivity index (χ2n) is 3.46. The van der Waals surface area contributed by atoms with Crippen molar-refractivity contribution in [2.24, 2.45) is 5.73 Å². The van der Waals surface area contributed by atoms with E-state index in [0.29, 0.717) is 6.42 Å².